The number of halogens is 1. The zero-order valence-corrected chi connectivity index (χ0v) is 25.9. The van der Waals surface area contributed by atoms with Crippen molar-refractivity contribution in [3.63, 3.8) is 0 Å². The molecule has 7 nitrogen and oxygen atoms in total. The van der Waals surface area contributed by atoms with Crippen molar-refractivity contribution in [2.75, 3.05) is 17.4 Å². The predicted molar refractivity (Wildman–Crippen MR) is 168 cm³/mol. The van der Waals surface area contributed by atoms with Crippen LogP contribution < -0.4 is 9.62 Å². The number of sulfonamides is 1. The van der Waals surface area contributed by atoms with Crippen molar-refractivity contribution in [3.05, 3.63) is 95.0 Å². The fourth-order valence-corrected chi connectivity index (χ4v) is 7.30. The third-order valence-electron chi connectivity index (χ3n) is 7.86. The number of amides is 2. The SMILES string of the molecule is CC[C@@H](C(=O)NC1CCCCC1)N(CCc1ccccc1)C(=O)CN(c1ccc(Cl)cc1C)S(=O)(=O)c1ccccc1. The van der Waals surface area contributed by atoms with E-state index >= 15 is 0 Å². The summed E-state index contributed by atoms with van der Waals surface area (Å²) in [4.78, 5) is 29.5. The summed E-state index contributed by atoms with van der Waals surface area (Å²) in [6.45, 7) is 3.47. The first-order valence-electron chi connectivity index (χ1n) is 14.7. The predicted octanol–water partition coefficient (Wildman–Crippen LogP) is 6.14. The van der Waals surface area contributed by atoms with E-state index < -0.39 is 28.5 Å². The molecule has 0 heterocycles. The van der Waals surface area contributed by atoms with E-state index in [1.54, 1.807) is 48.2 Å². The summed E-state index contributed by atoms with van der Waals surface area (Å²) in [5.74, 6) is -0.628. The molecule has 42 heavy (non-hydrogen) atoms. The van der Waals surface area contributed by atoms with Crippen molar-refractivity contribution >= 4 is 39.1 Å². The summed E-state index contributed by atoms with van der Waals surface area (Å²) in [7, 11) is -4.12. The second-order valence-corrected chi connectivity index (χ2v) is 13.1. The van der Waals surface area contributed by atoms with Crippen LogP contribution in [0.25, 0.3) is 0 Å². The largest absolute Gasteiger partial charge is 0.352 e. The van der Waals surface area contributed by atoms with Gasteiger partial charge in [0.25, 0.3) is 10.0 Å². The number of rotatable bonds is 12. The number of hydrogen-bond acceptors (Lipinski definition) is 4. The molecule has 4 rings (SSSR count). The molecule has 1 atom stereocenters. The van der Waals surface area contributed by atoms with Gasteiger partial charge in [0.15, 0.2) is 0 Å². The Labute approximate surface area is 254 Å². The molecular formula is C33H40ClN3O4S. The molecule has 3 aromatic rings. The van der Waals surface area contributed by atoms with Crippen molar-refractivity contribution in [3.8, 4) is 0 Å². The Morgan fingerprint density at radius 3 is 2.21 bits per heavy atom. The Hall–Kier alpha value is -3.36. The smallest absolute Gasteiger partial charge is 0.264 e. The minimum atomic E-state index is -4.12. The first-order chi connectivity index (χ1) is 20.2. The fraction of sp³-hybridized carbons (Fsp3) is 0.394. The molecule has 9 heteroatoms. The van der Waals surface area contributed by atoms with Gasteiger partial charge < -0.3 is 10.2 Å². The molecule has 0 aromatic heterocycles. The molecule has 1 aliphatic rings. The normalized spacial score (nSPS) is 14.6. The fourth-order valence-electron chi connectivity index (χ4n) is 5.57. The molecule has 1 fully saturated rings. The van der Waals surface area contributed by atoms with E-state index in [1.165, 1.54) is 18.6 Å². The number of nitrogens with zero attached hydrogens (tertiary/aromatic N) is 2. The van der Waals surface area contributed by atoms with E-state index in [4.69, 9.17) is 11.6 Å². The Bertz CT molecular complexity index is 1440. The van der Waals surface area contributed by atoms with Crippen molar-refractivity contribution in [2.24, 2.45) is 0 Å². The van der Waals surface area contributed by atoms with Gasteiger partial charge in [0.05, 0.1) is 10.6 Å². The van der Waals surface area contributed by atoms with Crippen LogP contribution in [0, 0.1) is 6.92 Å². The Morgan fingerprint density at radius 2 is 1.60 bits per heavy atom. The van der Waals surface area contributed by atoms with Gasteiger partial charge in [0.1, 0.15) is 12.6 Å². The standard InChI is InChI=1S/C33H40ClN3O4S/c1-3-30(33(39)35-28-15-9-5-10-16-28)36(22-21-26-13-7-4-8-14-26)32(38)24-37(31-20-19-27(34)23-25(31)2)42(40,41)29-17-11-6-12-18-29/h4,6-8,11-14,17-20,23,28,30H,3,5,9-10,15-16,21-22,24H2,1-2H3,(H,35,39)/t30-/m0/s1. The average Bonchev–Trinajstić information content (AvgIpc) is 2.99. The summed E-state index contributed by atoms with van der Waals surface area (Å²) in [6, 6.07) is 22.1. The molecule has 0 saturated heterocycles. The minimum absolute atomic E-state index is 0.0741. The third-order valence-corrected chi connectivity index (χ3v) is 9.87. The molecule has 1 aliphatic carbocycles. The highest BCUT2D eigenvalue weighted by atomic mass is 35.5. The molecule has 0 bridgehead atoms. The molecule has 2 amide bonds. The van der Waals surface area contributed by atoms with Gasteiger partial charge in [0, 0.05) is 17.6 Å². The van der Waals surface area contributed by atoms with Crippen molar-refractivity contribution in [1.82, 2.24) is 10.2 Å². The monoisotopic (exact) mass is 609 g/mol. The van der Waals surface area contributed by atoms with E-state index in [9.17, 15) is 18.0 Å². The lowest BCUT2D eigenvalue weighted by atomic mass is 9.95. The van der Waals surface area contributed by atoms with Crippen LogP contribution in [0.15, 0.2) is 83.8 Å². The van der Waals surface area contributed by atoms with Crippen LogP contribution in [0.2, 0.25) is 5.02 Å². The van der Waals surface area contributed by atoms with Gasteiger partial charge in [-0.25, -0.2) is 8.42 Å². The number of carbonyl (C=O) groups is 2. The Kier molecular flexibility index (Phi) is 11.0. The topological polar surface area (TPSA) is 86.8 Å². The van der Waals surface area contributed by atoms with Gasteiger partial charge in [-0.3, -0.25) is 13.9 Å². The van der Waals surface area contributed by atoms with E-state index in [0.29, 0.717) is 29.1 Å². The second-order valence-electron chi connectivity index (χ2n) is 10.8. The Balaban J connectivity index is 1.68. The van der Waals surface area contributed by atoms with Crippen LogP contribution in [-0.4, -0.2) is 50.3 Å². The van der Waals surface area contributed by atoms with Gasteiger partial charge in [-0.2, -0.15) is 0 Å². The third kappa shape index (κ3) is 7.92. The number of carbonyl (C=O) groups excluding carboxylic acids is 2. The van der Waals surface area contributed by atoms with E-state index in [1.807, 2.05) is 37.3 Å². The molecule has 0 unspecified atom stereocenters. The van der Waals surface area contributed by atoms with E-state index in [-0.39, 0.29) is 23.4 Å². The molecule has 1 N–H and O–H groups in total. The number of nitrogens with one attached hydrogen (secondary N) is 1. The molecular weight excluding hydrogens is 570 g/mol. The van der Waals surface area contributed by atoms with Gasteiger partial charge in [-0.15, -0.1) is 0 Å². The highest BCUT2D eigenvalue weighted by Gasteiger charge is 2.34. The van der Waals surface area contributed by atoms with Crippen molar-refractivity contribution < 1.29 is 18.0 Å². The summed E-state index contributed by atoms with van der Waals surface area (Å²) in [5.41, 5.74) is 2.01. The van der Waals surface area contributed by atoms with Gasteiger partial charge in [0.2, 0.25) is 11.8 Å². The van der Waals surface area contributed by atoms with Crippen LogP contribution in [-0.2, 0) is 26.0 Å². The van der Waals surface area contributed by atoms with Crippen LogP contribution in [0.3, 0.4) is 0 Å². The molecule has 1 saturated carbocycles. The molecule has 0 spiro atoms. The van der Waals surface area contributed by atoms with E-state index in [2.05, 4.69) is 5.32 Å². The summed E-state index contributed by atoms with van der Waals surface area (Å²) in [5, 5.41) is 3.65. The van der Waals surface area contributed by atoms with Crippen molar-refractivity contribution in [1.29, 1.82) is 0 Å². The van der Waals surface area contributed by atoms with E-state index in [0.717, 1.165) is 35.6 Å². The van der Waals surface area contributed by atoms with Gasteiger partial charge in [-0.05, 0) is 74.1 Å². The average molecular weight is 610 g/mol. The molecule has 224 valence electrons. The first-order valence-corrected chi connectivity index (χ1v) is 16.5. The maximum absolute atomic E-state index is 14.2. The summed E-state index contributed by atoms with van der Waals surface area (Å²) >= 11 is 6.20. The summed E-state index contributed by atoms with van der Waals surface area (Å²) in [6.07, 6.45) is 6.12. The highest BCUT2D eigenvalue weighted by Crippen LogP contribution is 2.29. The van der Waals surface area contributed by atoms with Crippen LogP contribution in [0.1, 0.15) is 56.6 Å². The van der Waals surface area contributed by atoms with Gasteiger partial charge in [-0.1, -0.05) is 86.3 Å². The second kappa shape index (κ2) is 14.7. The van der Waals surface area contributed by atoms with Gasteiger partial charge >= 0.3 is 0 Å². The van der Waals surface area contributed by atoms with Crippen LogP contribution in [0.4, 0.5) is 5.69 Å². The summed E-state index contributed by atoms with van der Waals surface area (Å²) < 4.78 is 29.1. The Morgan fingerprint density at radius 1 is 0.952 bits per heavy atom. The maximum atomic E-state index is 14.2. The number of benzene rings is 3. The maximum Gasteiger partial charge on any atom is 0.264 e. The lowest BCUT2D eigenvalue weighted by Gasteiger charge is -2.34. The number of anilines is 1. The number of aryl methyl sites for hydroxylation is 1. The quantitative estimate of drug-likeness (QED) is 0.267. The number of hydrogen-bond donors (Lipinski definition) is 1. The van der Waals surface area contributed by atoms with Crippen LogP contribution in [0.5, 0.6) is 0 Å². The first kappa shape index (κ1) is 31.6. The molecule has 0 radical (unpaired) electrons. The lowest BCUT2D eigenvalue weighted by Crippen LogP contribution is -2.54. The molecule has 0 aliphatic heterocycles. The minimum Gasteiger partial charge on any atom is -0.352 e. The lowest BCUT2D eigenvalue weighted by molar-refractivity contribution is -0.140. The molecule has 3 aromatic carbocycles. The zero-order chi connectivity index (χ0) is 30.1. The zero-order valence-electron chi connectivity index (χ0n) is 24.3. The van der Waals surface area contributed by atoms with Crippen molar-refractivity contribution in [2.45, 2.75) is 75.8 Å². The highest BCUT2D eigenvalue weighted by molar-refractivity contribution is 7.92. The van der Waals surface area contributed by atoms with Crippen LogP contribution >= 0.6 is 11.6 Å².